The number of rotatable bonds is 0. The predicted octanol–water partition coefficient (Wildman–Crippen LogP) is 3.01. The van der Waals surface area contributed by atoms with Crippen LogP contribution in [-0.2, 0) is 0 Å². The first-order valence-corrected chi connectivity index (χ1v) is 5.13. The van der Waals surface area contributed by atoms with Gasteiger partial charge in [0.15, 0.2) is 0 Å². The first kappa shape index (κ1) is 7.76. The SMILES string of the molecule is O=c1ccc2ccc3sccc3c2o1. The summed E-state index contributed by atoms with van der Waals surface area (Å²) in [5.41, 5.74) is 0.396. The van der Waals surface area contributed by atoms with E-state index in [4.69, 9.17) is 4.42 Å². The van der Waals surface area contributed by atoms with Gasteiger partial charge >= 0.3 is 5.63 Å². The van der Waals surface area contributed by atoms with E-state index in [1.54, 1.807) is 17.4 Å². The highest BCUT2D eigenvalue weighted by atomic mass is 32.1. The number of hydrogen-bond donors (Lipinski definition) is 0. The Bertz CT molecular complexity index is 663. The molecule has 0 aliphatic rings. The Morgan fingerprint density at radius 1 is 1.07 bits per heavy atom. The van der Waals surface area contributed by atoms with Crippen molar-refractivity contribution in [2.75, 3.05) is 0 Å². The minimum Gasteiger partial charge on any atom is -0.422 e. The van der Waals surface area contributed by atoms with Crippen LogP contribution in [0.5, 0.6) is 0 Å². The molecule has 0 aliphatic carbocycles. The molecule has 0 fully saturated rings. The largest absolute Gasteiger partial charge is 0.422 e. The fourth-order valence-electron chi connectivity index (χ4n) is 1.57. The smallest absolute Gasteiger partial charge is 0.336 e. The van der Waals surface area contributed by atoms with Gasteiger partial charge in [0.2, 0.25) is 0 Å². The molecule has 0 saturated carbocycles. The molecule has 3 aromatic rings. The van der Waals surface area contributed by atoms with E-state index in [0.29, 0.717) is 5.58 Å². The molecular formula is C11H6O2S. The van der Waals surface area contributed by atoms with Crippen molar-refractivity contribution in [3.05, 3.63) is 46.1 Å². The maximum atomic E-state index is 11.1. The second kappa shape index (κ2) is 2.69. The maximum absolute atomic E-state index is 11.1. The summed E-state index contributed by atoms with van der Waals surface area (Å²) in [7, 11) is 0. The summed E-state index contributed by atoms with van der Waals surface area (Å²) in [6.07, 6.45) is 0. The van der Waals surface area contributed by atoms with Crippen molar-refractivity contribution in [1.29, 1.82) is 0 Å². The minimum absolute atomic E-state index is 0.295. The molecule has 2 heterocycles. The topological polar surface area (TPSA) is 30.2 Å². The van der Waals surface area contributed by atoms with Gasteiger partial charge in [0.05, 0.1) is 0 Å². The van der Waals surface area contributed by atoms with E-state index in [0.717, 1.165) is 15.5 Å². The van der Waals surface area contributed by atoms with Crippen LogP contribution in [0.1, 0.15) is 0 Å². The lowest BCUT2D eigenvalue weighted by molar-refractivity contribution is 0.564. The van der Waals surface area contributed by atoms with E-state index in [1.165, 1.54) is 6.07 Å². The highest BCUT2D eigenvalue weighted by Gasteiger charge is 2.03. The maximum Gasteiger partial charge on any atom is 0.336 e. The molecule has 2 aromatic heterocycles. The first-order valence-electron chi connectivity index (χ1n) is 4.25. The third kappa shape index (κ3) is 0.992. The van der Waals surface area contributed by atoms with Gasteiger partial charge in [0.1, 0.15) is 5.58 Å². The summed E-state index contributed by atoms with van der Waals surface area (Å²) < 4.78 is 6.33. The van der Waals surface area contributed by atoms with Gasteiger partial charge in [-0.2, -0.15) is 0 Å². The van der Waals surface area contributed by atoms with Crippen LogP contribution in [0.15, 0.2) is 44.9 Å². The minimum atomic E-state index is -0.295. The summed E-state index contributed by atoms with van der Waals surface area (Å²) in [6.45, 7) is 0. The lowest BCUT2D eigenvalue weighted by Crippen LogP contribution is -1.93. The number of benzene rings is 1. The number of fused-ring (bicyclic) bond motifs is 3. The summed E-state index contributed by atoms with van der Waals surface area (Å²) in [5.74, 6) is 0. The number of thiophene rings is 1. The van der Waals surface area contributed by atoms with E-state index < -0.39 is 0 Å². The zero-order chi connectivity index (χ0) is 9.54. The van der Waals surface area contributed by atoms with Gasteiger partial charge in [0.25, 0.3) is 0 Å². The van der Waals surface area contributed by atoms with Gasteiger partial charge in [-0.3, -0.25) is 0 Å². The first-order chi connectivity index (χ1) is 6.84. The Balaban J connectivity index is 2.66. The number of hydrogen-bond acceptors (Lipinski definition) is 3. The Morgan fingerprint density at radius 3 is 2.86 bits per heavy atom. The van der Waals surface area contributed by atoms with Crippen LogP contribution in [0.3, 0.4) is 0 Å². The van der Waals surface area contributed by atoms with E-state index >= 15 is 0 Å². The second-order valence-corrected chi connectivity index (χ2v) is 4.02. The molecule has 3 heteroatoms. The van der Waals surface area contributed by atoms with Gasteiger partial charge < -0.3 is 4.42 Å². The molecule has 0 radical (unpaired) electrons. The van der Waals surface area contributed by atoms with E-state index in [1.807, 2.05) is 23.6 Å². The molecule has 0 bridgehead atoms. The van der Waals surface area contributed by atoms with E-state index in [2.05, 4.69) is 0 Å². The second-order valence-electron chi connectivity index (χ2n) is 3.07. The third-order valence-corrected chi connectivity index (χ3v) is 3.10. The molecule has 2 nitrogen and oxygen atoms in total. The van der Waals surface area contributed by atoms with Crippen molar-refractivity contribution in [3.8, 4) is 0 Å². The molecule has 0 atom stereocenters. The molecule has 0 saturated heterocycles. The third-order valence-electron chi connectivity index (χ3n) is 2.22. The Hall–Kier alpha value is -1.61. The summed E-state index contributed by atoms with van der Waals surface area (Å²) in [6, 6.07) is 9.23. The molecule has 3 rings (SSSR count). The molecule has 0 spiro atoms. The van der Waals surface area contributed by atoms with Crippen LogP contribution < -0.4 is 5.63 Å². The van der Waals surface area contributed by atoms with Crippen LogP contribution in [0.25, 0.3) is 21.1 Å². The average Bonchev–Trinajstić information content (AvgIpc) is 2.65. The zero-order valence-electron chi connectivity index (χ0n) is 7.19. The van der Waals surface area contributed by atoms with Crippen molar-refractivity contribution in [2.45, 2.75) is 0 Å². The summed E-state index contributed by atoms with van der Waals surface area (Å²) in [4.78, 5) is 11.1. The molecule has 0 amide bonds. The zero-order valence-corrected chi connectivity index (χ0v) is 8.01. The standard InChI is InChI=1S/C11H6O2S/c12-10-4-2-7-1-3-9-8(5-6-14-9)11(7)13-10/h1-6H. The molecule has 0 aliphatic heterocycles. The van der Waals surface area contributed by atoms with Crippen molar-refractivity contribution >= 4 is 32.4 Å². The predicted molar refractivity (Wildman–Crippen MR) is 57.9 cm³/mol. The van der Waals surface area contributed by atoms with E-state index in [9.17, 15) is 4.79 Å². The van der Waals surface area contributed by atoms with Crippen LogP contribution in [-0.4, -0.2) is 0 Å². The molecule has 0 unspecified atom stereocenters. The fourth-order valence-corrected chi connectivity index (χ4v) is 2.36. The van der Waals surface area contributed by atoms with Gasteiger partial charge in [-0.1, -0.05) is 0 Å². The normalized spacial score (nSPS) is 11.1. The van der Waals surface area contributed by atoms with Gasteiger partial charge in [-0.15, -0.1) is 11.3 Å². The Kier molecular flexibility index (Phi) is 1.49. The van der Waals surface area contributed by atoms with Gasteiger partial charge in [-0.25, -0.2) is 4.79 Å². The lowest BCUT2D eigenvalue weighted by atomic mass is 10.2. The fraction of sp³-hybridized carbons (Fsp3) is 0. The van der Waals surface area contributed by atoms with Gasteiger partial charge in [0, 0.05) is 21.5 Å². The quantitative estimate of drug-likeness (QED) is 0.524. The molecular weight excluding hydrogens is 196 g/mol. The van der Waals surface area contributed by atoms with Gasteiger partial charge in [-0.05, 0) is 29.6 Å². The average molecular weight is 202 g/mol. The Morgan fingerprint density at radius 2 is 1.93 bits per heavy atom. The van der Waals surface area contributed by atoms with Crippen LogP contribution in [0.4, 0.5) is 0 Å². The molecule has 68 valence electrons. The van der Waals surface area contributed by atoms with Crippen molar-refractivity contribution in [1.82, 2.24) is 0 Å². The Labute approximate surface area is 83.4 Å². The monoisotopic (exact) mass is 202 g/mol. The molecule has 14 heavy (non-hydrogen) atoms. The highest BCUT2D eigenvalue weighted by molar-refractivity contribution is 7.17. The van der Waals surface area contributed by atoms with Crippen molar-refractivity contribution in [3.63, 3.8) is 0 Å². The molecule has 1 aromatic carbocycles. The lowest BCUT2D eigenvalue weighted by Gasteiger charge is -1.96. The molecule has 0 N–H and O–H groups in total. The van der Waals surface area contributed by atoms with Crippen molar-refractivity contribution < 1.29 is 4.42 Å². The summed E-state index contributed by atoms with van der Waals surface area (Å²) in [5, 5.41) is 3.98. The van der Waals surface area contributed by atoms with Crippen LogP contribution in [0.2, 0.25) is 0 Å². The highest BCUT2D eigenvalue weighted by Crippen LogP contribution is 2.27. The van der Waals surface area contributed by atoms with Crippen molar-refractivity contribution in [2.24, 2.45) is 0 Å². The summed E-state index contributed by atoms with van der Waals surface area (Å²) >= 11 is 1.65. The van der Waals surface area contributed by atoms with Crippen LogP contribution in [0, 0.1) is 0 Å². The van der Waals surface area contributed by atoms with E-state index in [-0.39, 0.29) is 5.63 Å². The van der Waals surface area contributed by atoms with Crippen LogP contribution >= 0.6 is 11.3 Å².